The molecule has 4 rings (SSSR count). The van der Waals surface area contributed by atoms with Gasteiger partial charge < -0.3 is 15.6 Å². The van der Waals surface area contributed by atoms with Gasteiger partial charge in [-0.15, -0.1) is 0 Å². The van der Waals surface area contributed by atoms with Crippen LogP contribution < -0.4 is 11.1 Å². The van der Waals surface area contributed by atoms with E-state index in [4.69, 9.17) is 10.7 Å². The molecule has 5 nitrogen and oxygen atoms in total. The van der Waals surface area contributed by atoms with Gasteiger partial charge in [-0.3, -0.25) is 0 Å². The smallest absolute Gasteiger partial charge is 0.152 e. The second kappa shape index (κ2) is 14.1. The molecule has 5 heteroatoms. The highest BCUT2D eigenvalue weighted by Crippen LogP contribution is 2.30. The number of hydrogen-bond donors (Lipinski definition) is 2. The second-order valence-electron chi connectivity index (χ2n) is 10.4. The first kappa shape index (κ1) is 27.1. The molecule has 0 fully saturated rings. The number of hydrogen-bond acceptors (Lipinski definition) is 4. The highest BCUT2D eigenvalue weighted by molar-refractivity contribution is 6.06. The molecule has 0 saturated heterocycles. The van der Waals surface area contributed by atoms with Gasteiger partial charge in [-0.2, -0.15) is 0 Å². The quantitative estimate of drug-likeness (QED) is 0.154. The number of fused-ring (bicyclic) bond motifs is 3. The lowest BCUT2D eigenvalue weighted by atomic mass is 10.1. The zero-order chi connectivity index (χ0) is 25.9. The second-order valence-corrected chi connectivity index (χ2v) is 10.4. The molecule has 0 aliphatic rings. The number of pyridine rings is 1. The number of para-hydroxylation sites is 1. The summed E-state index contributed by atoms with van der Waals surface area (Å²) in [6.07, 6.45) is 14.1. The first-order chi connectivity index (χ1) is 18.2. The Morgan fingerprint density at radius 3 is 2.19 bits per heavy atom. The Kier molecular flexibility index (Phi) is 10.4. The van der Waals surface area contributed by atoms with Crippen molar-refractivity contribution in [1.82, 2.24) is 19.9 Å². The van der Waals surface area contributed by atoms with Crippen molar-refractivity contribution in [2.24, 2.45) is 0 Å². The fraction of sp³-hybridized carbons (Fsp3) is 0.500. The maximum Gasteiger partial charge on any atom is 0.152 e. The Morgan fingerprint density at radius 1 is 0.757 bits per heavy atom. The van der Waals surface area contributed by atoms with Crippen LogP contribution >= 0.6 is 0 Å². The van der Waals surface area contributed by atoms with Crippen molar-refractivity contribution in [2.45, 2.75) is 97.6 Å². The number of rotatable bonds is 16. The van der Waals surface area contributed by atoms with E-state index in [2.05, 4.69) is 65.1 Å². The van der Waals surface area contributed by atoms with Gasteiger partial charge >= 0.3 is 0 Å². The molecule has 0 aliphatic heterocycles. The number of aryl methyl sites for hydroxylation is 1. The van der Waals surface area contributed by atoms with Crippen molar-refractivity contribution in [3.8, 4) is 0 Å². The molecule has 0 saturated carbocycles. The summed E-state index contributed by atoms with van der Waals surface area (Å²) in [4.78, 5) is 9.59. The third-order valence-electron chi connectivity index (χ3n) is 7.34. The Balaban J connectivity index is 1.38. The number of unbranched alkanes of at least 4 members (excludes halogenated alkanes) is 8. The Bertz CT molecular complexity index is 1240. The van der Waals surface area contributed by atoms with Gasteiger partial charge in [0.2, 0.25) is 0 Å². The molecular formula is C32H45N5. The first-order valence-corrected chi connectivity index (χ1v) is 14.5. The van der Waals surface area contributed by atoms with Crippen LogP contribution in [0.4, 0.5) is 5.82 Å². The van der Waals surface area contributed by atoms with E-state index in [1.54, 1.807) is 0 Å². The fourth-order valence-electron chi connectivity index (χ4n) is 5.16. The molecule has 0 amide bonds. The molecule has 37 heavy (non-hydrogen) atoms. The van der Waals surface area contributed by atoms with Gasteiger partial charge in [0.15, 0.2) is 5.82 Å². The predicted molar refractivity (Wildman–Crippen MR) is 158 cm³/mol. The summed E-state index contributed by atoms with van der Waals surface area (Å²) in [7, 11) is 0. The van der Waals surface area contributed by atoms with Crippen LogP contribution in [-0.4, -0.2) is 21.1 Å². The van der Waals surface area contributed by atoms with Crippen LogP contribution in [0, 0.1) is 0 Å². The Labute approximate surface area is 222 Å². The van der Waals surface area contributed by atoms with E-state index in [0.717, 1.165) is 66.7 Å². The molecule has 3 N–H and O–H groups in total. The van der Waals surface area contributed by atoms with Gasteiger partial charge in [0, 0.05) is 24.9 Å². The zero-order valence-corrected chi connectivity index (χ0v) is 22.9. The Hall–Kier alpha value is -2.92. The van der Waals surface area contributed by atoms with E-state index >= 15 is 0 Å². The van der Waals surface area contributed by atoms with Crippen LogP contribution in [0.1, 0.15) is 95.0 Å². The number of aromatic nitrogens is 3. The molecule has 0 atom stereocenters. The highest BCUT2D eigenvalue weighted by atomic mass is 15.1. The largest absolute Gasteiger partial charge is 0.382 e. The zero-order valence-electron chi connectivity index (χ0n) is 22.9. The molecule has 0 unspecified atom stereocenters. The number of benzene rings is 2. The third kappa shape index (κ3) is 7.32. The number of anilines is 1. The van der Waals surface area contributed by atoms with Gasteiger partial charge in [0.1, 0.15) is 11.3 Å². The van der Waals surface area contributed by atoms with Crippen molar-refractivity contribution >= 4 is 27.8 Å². The number of nitrogen functional groups attached to an aromatic ring is 1. The summed E-state index contributed by atoms with van der Waals surface area (Å²) in [5.74, 6) is 1.61. The standard InChI is InChI=1S/C32H45N5/c1-3-5-7-8-9-10-11-14-22-34-23-25-18-20-26(21-19-25)24-37-29(17-6-4-2)36-30-31(37)27-15-12-13-16-28(27)35-32(30)33/h12-13,15-16,18-21,34H,3-11,14,17,22-24H2,1-2H3,(H2,33,35). The van der Waals surface area contributed by atoms with Gasteiger partial charge in [-0.05, 0) is 36.6 Å². The van der Waals surface area contributed by atoms with Crippen molar-refractivity contribution < 1.29 is 0 Å². The lowest BCUT2D eigenvalue weighted by Crippen LogP contribution is -2.14. The molecule has 0 aliphatic carbocycles. The molecule has 2 aromatic heterocycles. The van der Waals surface area contributed by atoms with E-state index in [1.165, 1.54) is 62.5 Å². The topological polar surface area (TPSA) is 68.8 Å². The SMILES string of the molecule is CCCCCCCCCCNCc1ccc(Cn2c(CCCC)nc3c(N)nc4ccccc4c32)cc1. The van der Waals surface area contributed by atoms with Crippen molar-refractivity contribution in [3.63, 3.8) is 0 Å². The fourth-order valence-corrected chi connectivity index (χ4v) is 5.16. The lowest BCUT2D eigenvalue weighted by molar-refractivity contribution is 0.555. The molecule has 2 aromatic carbocycles. The number of nitrogens with one attached hydrogen (secondary N) is 1. The first-order valence-electron chi connectivity index (χ1n) is 14.5. The van der Waals surface area contributed by atoms with Crippen LogP contribution in [0.25, 0.3) is 21.9 Å². The van der Waals surface area contributed by atoms with Gasteiger partial charge in [0.05, 0.1) is 11.0 Å². The number of nitrogens with two attached hydrogens (primary N) is 1. The molecule has 0 radical (unpaired) electrons. The van der Waals surface area contributed by atoms with Crippen molar-refractivity contribution in [2.75, 3.05) is 12.3 Å². The van der Waals surface area contributed by atoms with E-state index in [1.807, 2.05) is 12.1 Å². The van der Waals surface area contributed by atoms with Crippen LogP contribution in [0.2, 0.25) is 0 Å². The summed E-state index contributed by atoms with van der Waals surface area (Å²) in [5, 5.41) is 4.74. The van der Waals surface area contributed by atoms with E-state index in [-0.39, 0.29) is 0 Å². The summed E-state index contributed by atoms with van der Waals surface area (Å²) in [6, 6.07) is 17.3. The molecule has 0 bridgehead atoms. The highest BCUT2D eigenvalue weighted by Gasteiger charge is 2.17. The number of imidazole rings is 1. The molecule has 0 spiro atoms. The van der Waals surface area contributed by atoms with Gasteiger partial charge in [-0.25, -0.2) is 9.97 Å². The molecular weight excluding hydrogens is 454 g/mol. The normalized spacial score (nSPS) is 11.6. The molecule has 198 valence electrons. The molecule has 4 aromatic rings. The van der Waals surface area contributed by atoms with Crippen molar-refractivity contribution in [1.29, 1.82) is 0 Å². The van der Waals surface area contributed by atoms with Gasteiger partial charge in [0.25, 0.3) is 0 Å². The summed E-state index contributed by atoms with van der Waals surface area (Å²) >= 11 is 0. The minimum absolute atomic E-state index is 0.517. The average molecular weight is 500 g/mol. The minimum Gasteiger partial charge on any atom is -0.382 e. The van der Waals surface area contributed by atoms with Gasteiger partial charge in [-0.1, -0.05) is 108 Å². The predicted octanol–water partition coefficient (Wildman–Crippen LogP) is 7.79. The summed E-state index contributed by atoms with van der Waals surface area (Å²) in [6.45, 7) is 7.32. The maximum atomic E-state index is 6.36. The average Bonchev–Trinajstić information content (AvgIpc) is 3.28. The molecule has 2 heterocycles. The van der Waals surface area contributed by atoms with Crippen LogP contribution in [-0.2, 0) is 19.5 Å². The van der Waals surface area contributed by atoms with Crippen LogP contribution in [0.3, 0.4) is 0 Å². The van der Waals surface area contributed by atoms with E-state index in [9.17, 15) is 0 Å². The van der Waals surface area contributed by atoms with Crippen molar-refractivity contribution in [3.05, 3.63) is 65.5 Å². The summed E-state index contributed by atoms with van der Waals surface area (Å²) < 4.78 is 2.36. The summed E-state index contributed by atoms with van der Waals surface area (Å²) in [5.41, 5.74) is 11.8. The monoisotopic (exact) mass is 499 g/mol. The van der Waals surface area contributed by atoms with Crippen LogP contribution in [0.15, 0.2) is 48.5 Å². The third-order valence-corrected chi connectivity index (χ3v) is 7.34. The van der Waals surface area contributed by atoms with Crippen LogP contribution in [0.5, 0.6) is 0 Å². The van der Waals surface area contributed by atoms with E-state index in [0.29, 0.717) is 5.82 Å². The number of nitrogens with zero attached hydrogens (tertiary/aromatic N) is 3. The minimum atomic E-state index is 0.517. The Morgan fingerprint density at radius 2 is 1.43 bits per heavy atom. The van der Waals surface area contributed by atoms with E-state index < -0.39 is 0 Å². The lowest BCUT2D eigenvalue weighted by Gasteiger charge is -2.12. The maximum absolute atomic E-state index is 6.36.